The summed E-state index contributed by atoms with van der Waals surface area (Å²) >= 11 is 16.1. The van der Waals surface area contributed by atoms with Crippen LogP contribution in [-0.4, -0.2) is 15.0 Å². The van der Waals surface area contributed by atoms with Crippen molar-refractivity contribution >= 4 is 59.4 Å². The molecule has 0 aliphatic carbocycles. The summed E-state index contributed by atoms with van der Waals surface area (Å²) < 4.78 is 4.49. The Morgan fingerprint density at radius 2 is 1.81 bits per heavy atom. The quantitative estimate of drug-likeness (QED) is 0.666. The fraction of sp³-hybridized carbons (Fsp3) is 0.111. The summed E-state index contributed by atoms with van der Waals surface area (Å²) in [4.78, 5) is 0. The van der Waals surface area contributed by atoms with E-state index >= 15 is 0 Å². The van der Waals surface area contributed by atoms with Crippen molar-refractivity contribution < 1.29 is 0 Å². The van der Waals surface area contributed by atoms with E-state index in [-0.39, 0.29) is 0 Å². The summed E-state index contributed by atoms with van der Waals surface area (Å²) in [6.45, 7) is 0. The van der Waals surface area contributed by atoms with Crippen LogP contribution in [0.3, 0.4) is 0 Å². The molecule has 7 heteroatoms. The van der Waals surface area contributed by atoms with Gasteiger partial charge < -0.3 is 0 Å². The topological polar surface area (TPSA) is 30.7 Å². The van der Waals surface area contributed by atoms with Crippen LogP contribution in [0, 0.1) is 0 Å². The lowest BCUT2D eigenvalue weighted by Gasteiger charge is -2.07. The van der Waals surface area contributed by atoms with Gasteiger partial charge in [0.05, 0.1) is 23.5 Å². The number of alkyl halides is 1. The van der Waals surface area contributed by atoms with Gasteiger partial charge in [-0.3, -0.25) is 0 Å². The van der Waals surface area contributed by atoms with Crippen LogP contribution in [0.5, 0.6) is 0 Å². The van der Waals surface area contributed by atoms with E-state index in [1.807, 2.05) is 12.1 Å². The van der Waals surface area contributed by atoms with Crippen LogP contribution in [0.25, 0.3) is 5.69 Å². The standard InChI is InChI=1S/C9H5Br3ClN3/c10-5-1-7(11)9(8(12)2-5)16-4-6(3-13)14-15-16/h1-2,4H,3H2. The van der Waals surface area contributed by atoms with E-state index in [4.69, 9.17) is 11.6 Å². The summed E-state index contributed by atoms with van der Waals surface area (Å²) in [5.41, 5.74) is 1.63. The van der Waals surface area contributed by atoms with Gasteiger partial charge in [-0.15, -0.1) is 16.7 Å². The third-order valence-electron chi connectivity index (χ3n) is 1.89. The van der Waals surface area contributed by atoms with Gasteiger partial charge in [0.1, 0.15) is 0 Å². The van der Waals surface area contributed by atoms with E-state index in [1.165, 1.54) is 0 Å². The minimum absolute atomic E-state index is 0.353. The van der Waals surface area contributed by atoms with Gasteiger partial charge in [-0.1, -0.05) is 21.1 Å². The average molecular weight is 430 g/mol. The maximum absolute atomic E-state index is 5.69. The minimum Gasteiger partial charge on any atom is -0.218 e. The van der Waals surface area contributed by atoms with Gasteiger partial charge in [0.15, 0.2) is 0 Å². The van der Waals surface area contributed by atoms with Crippen molar-refractivity contribution in [2.75, 3.05) is 0 Å². The Kier molecular flexibility index (Phi) is 4.05. The highest BCUT2D eigenvalue weighted by molar-refractivity contribution is 9.11. The first kappa shape index (κ1) is 12.5. The SMILES string of the molecule is ClCc1cn(-c2c(Br)cc(Br)cc2Br)nn1. The van der Waals surface area contributed by atoms with Crippen molar-refractivity contribution in [3.8, 4) is 5.69 Å². The summed E-state index contributed by atoms with van der Waals surface area (Å²) in [6.07, 6.45) is 1.80. The van der Waals surface area contributed by atoms with E-state index in [0.717, 1.165) is 24.8 Å². The molecule has 3 nitrogen and oxygen atoms in total. The van der Waals surface area contributed by atoms with Gasteiger partial charge in [0.25, 0.3) is 0 Å². The van der Waals surface area contributed by atoms with E-state index < -0.39 is 0 Å². The van der Waals surface area contributed by atoms with Crippen LogP contribution >= 0.6 is 59.4 Å². The van der Waals surface area contributed by atoms with Crippen LogP contribution in [0.4, 0.5) is 0 Å². The molecule has 0 spiro atoms. The van der Waals surface area contributed by atoms with Gasteiger partial charge in [0, 0.05) is 13.4 Å². The third-order valence-corrected chi connectivity index (χ3v) is 3.83. The van der Waals surface area contributed by atoms with E-state index in [9.17, 15) is 0 Å². The fourth-order valence-electron chi connectivity index (χ4n) is 1.22. The van der Waals surface area contributed by atoms with Crippen LogP contribution in [-0.2, 0) is 5.88 Å². The molecule has 0 fully saturated rings. The Bertz CT molecular complexity index is 503. The average Bonchev–Trinajstić information content (AvgIpc) is 2.64. The highest BCUT2D eigenvalue weighted by atomic mass is 79.9. The second-order valence-corrected chi connectivity index (χ2v) is 5.90. The van der Waals surface area contributed by atoms with Crippen LogP contribution < -0.4 is 0 Å². The normalized spacial score (nSPS) is 10.8. The second-order valence-electron chi connectivity index (χ2n) is 3.01. The number of hydrogen-bond donors (Lipinski definition) is 0. The van der Waals surface area contributed by atoms with Gasteiger partial charge in [-0.05, 0) is 44.0 Å². The van der Waals surface area contributed by atoms with Crippen molar-refractivity contribution in [1.82, 2.24) is 15.0 Å². The molecule has 0 amide bonds. The zero-order chi connectivity index (χ0) is 11.7. The number of benzene rings is 1. The molecular formula is C9H5Br3ClN3. The molecule has 0 unspecified atom stereocenters. The van der Waals surface area contributed by atoms with Crippen LogP contribution in [0.15, 0.2) is 31.7 Å². The van der Waals surface area contributed by atoms with Crippen molar-refractivity contribution in [2.45, 2.75) is 5.88 Å². The lowest BCUT2D eigenvalue weighted by Crippen LogP contribution is -1.97. The monoisotopic (exact) mass is 427 g/mol. The van der Waals surface area contributed by atoms with Crippen molar-refractivity contribution in [1.29, 1.82) is 0 Å². The molecule has 2 aromatic rings. The number of rotatable bonds is 2. The summed E-state index contributed by atoms with van der Waals surface area (Å²) in [5, 5.41) is 7.96. The molecule has 0 radical (unpaired) electrons. The molecule has 0 aliphatic rings. The molecule has 1 aromatic carbocycles. The first-order valence-corrected chi connectivity index (χ1v) is 7.15. The first-order valence-electron chi connectivity index (χ1n) is 4.24. The molecule has 2 rings (SSSR count). The molecule has 0 atom stereocenters. The molecule has 0 aliphatic heterocycles. The highest BCUT2D eigenvalue weighted by Gasteiger charge is 2.11. The predicted octanol–water partition coefficient (Wildman–Crippen LogP) is 4.29. The van der Waals surface area contributed by atoms with E-state index in [2.05, 4.69) is 58.1 Å². The van der Waals surface area contributed by atoms with Gasteiger partial charge >= 0.3 is 0 Å². The zero-order valence-corrected chi connectivity index (χ0v) is 13.3. The Morgan fingerprint density at radius 1 is 1.19 bits per heavy atom. The zero-order valence-electron chi connectivity index (χ0n) is 7.79. The largest absolute Gasteiger partial charge is 0.218 e. The molecule has 0 N–H and O–H groups in total. The number of hydrogen-bond acceptors (Lipinski definition) is 2. The molecule has 16 heavy (non-hydrogen) atoms. The summed E-state index contributed by atoms with van der Waals surface area (Å²) in [7, 11) is 0. The van der Waals surface area contributed by atoms with Crippen molar-refractivity contribution in [3.05, 3.63) is 37.4 Å². The van der Waals surface area contributed by atoms with E-state index in [1.54, 1.807) is 10.9 Å². The van der Waals surface area contributed by atoms with E-state index in [0.29, 0.717) is 5.88 Å². The Hall–Kier alpha value is 0.0900. The first-order chi connectivity index (χ1) is 7.61. The number of halogens is 4. The third kappa shape index (κ3) is 2.50. The molecule has 84 valence electrons. The lowest BCUT2D eigenvalue weighted by atomic mass is 10.3. The van der Waals surface area contributed by atoms with Gasteiger partial charge in [0.2, 0.25) is 0 Å². The molecule has 1 aromatic heterocycles. The predicted molar refractivity (Wildman–Crippen MR) is 74.0 cm³/mol. The molecule has 0 saturated heterocycles. The maximum atomic E-state index is 5.69. The van der Waals surface area contributed by atoms with Gasteiger partial charge in [-0.25, -0.2) is 4.68 Å². The van der Waals surface area contributed by atoms with Crippen LogP contribution in [0.1, 0.15) is 5.69 Å². The molecule has 1 heterocycles. The minimum atomic E-state index is 0.353. The molecular weight excluding hydrogens is 425 g/mol. The highest BCUT2D eigenvalue weighted by Crippen LogP contribution is 2.32. The Labute approximate surface area is 123 Å². The van der Waals surface area contributed by atoms with Crippen molar-refractivity contribution in [2.24, 2.45) is 0 Å². The fourth-order valence-corrected chi connectivity index (χ4v) is 3.97. The lowest BCUT2D eigenvalue weighted by molar-refractivity contribution is 0.794. The number of nitrogens with zero attached hydrogens (tertiary/aromatic N) is 3. The summed E-state index contributed by atoms with van der Waals surface area (Å²) in [5.74, 6) is 0.353. The Morgan fingerprint density at radius 3 is 2.31 bits per heavy atom. The van der Waals surface area contributed by atoms with Gasteiger partial charge in [-0.2, -0.15) is 0 Å². The molecule has 0 saturated carbocycles. The Balaban J connectivity index is 2.55. The smallest absolute Gasteiger partial charge is 0.0979 e. The maximum Gasteiger partial charge on any atom is 0.0979 e. The van der Waals surface area contributed by atoms with Crippen LogP contribution in [0.2, 0.25) is 0 Å². The molecule has 0 bridgehead atoms. The number of aromatic nitrogens is 3. The van der Waals surface area contributed by atoms with Crippen molar-refractivity contribution in [3.63, 3.8) is 0 Å². The summed E-state index contributed by atoms with van der Waals surface area (Å²) in [6, 6.07) is 3.89. The second kappa shape index (κ2) is 5.16.